The number of likely N-dealkylation sites (tertiary alicyclic amines) is 1. The number of hydrogen-bond acceptors (Lipinski definition) is 4. The molecule has 176 valence electrons. The number of nitriles is 1. The van der Waals surface area contributed by atoms with E-state index in [0.29, 0.717) is 48.8 Å². The fourth-order valence-electron chi connectivity index (χ4n) is 4.54. The molecular weight excluding hydrogens is 430 g/mol. The zero-order chi connectivity index (χ0) is 24.1. The SMILES string of the molecule is Cc1ccc(C(=O)N2CCC(c3ccc(C#N)cc3)CC2)cc1NC(=O)NC1CCCNC1=O. The van der Waals surface area contributed by atoms with Crippen LogP contribution in [-0.4, -0.2) is 48.4 Å². The van der Waals surface area contributed by atoms with Crippen LogP contribution in [0.5, 0.6) is 0 Å². The second kappa shape index (κ2) is 10.4. The van der Waals surface area contributed by atoms with Crippen molar-refractivity contribution in [3.05, 3.63) is 64.7 Å². The number of benzene rings is 2. The number of carbonyl (C=O) groups excluding carboxylic acids is 3. The fourth-order valence-corrected chi connectivity index (χ4v) is 4.54. The molecule has 4 rings (SSSR count). The Balaban J connectivity index is 1.36. The minimum absolute atomic E-state index is 0.0617. The molecule has 2 aliphatic rings. The number of amides is 4. The highest BCUT2D eigenvalue weighted by molar-refractivity contribution is 5.98. The molecule has 2 aromatic rings. The van der Waals surface area contributed by atoms with Crippen LogP contribution in [0.2, 0.25) is 0 Å². The lowest BCUT2D eigenvalue weighted by Gasteiger charge is -2.32. The van der Waals surface area contributed by atoms with Crippen LogP contribution in [0.3, 0.4) is 0 Å². The Labute approximate surface area is 199 Å². The topological polar surface area (TPSA) is 114 Å². The summed E-state index contributed by atoms with van der Waals surface area (Å²) in [6.45, 7) is 3.79. The summed E-state index contributed by atoms with van der Waals surface area (Å²) in [4.78, 5) is 39.3. The Bertz CT molecular complexity index is 1110. The molecule has 2 aromatic carbocycles. The molecule has 2 aliphatic heterocycles. The van der Waals surface area contributed by atoms with E-state index in [1.54, 1.807) is 12.1 Å². The van der Waals surface area contributed by atoms with Gasteiger partial charge in [-0.1, -0.05) is 18.2 Å². The largest absolute Gasteiger partial charge is 0.354 e. The molecule has 34 heavy (non-hydrogen) atoms. The van der Waals surface area contributed by atoms with Crippen LogP contribution in [0.4, 0.5) is 10.5 Å². The summed E-state index contributed by atoms with van der Waals surface area (Å²) in [7, 11) is 0. The van der Waals surface area contributed by atoms with E-state index in [9.17, 15) is 14.4 Å². The van der Waals surface area contributed by atoms with Gasteiger partial charge in [-0.25, -0.2) is 4.79 Å². The highest BCUT2D eigenvalue weighted by Crippen LogP contribution is 2.29. The summed E-state index contributed by atoms with van der Waals surface area (Å²) in [5.41, 5.74) is 3.75. The predicted molar refractivity (Wildman–Crippen MR) is 128 cm³/mol. The molecule has 8 heteroatoms. The van der Waals surface area contributed by atoms with Gasteiger partial charge in [-0.2, -0.15) is 5.26 Å². The van der Waals surface area contributed by atoms with E-state index in [1.807, 2.05) is 42.2 Å². The third kappa shape index (κ3) is 5.37. The van der Waals surface area contributed by atoms with Crippen molar-refractivity contribution in [3.63, 3.8) is 0 Å². The second-order valence-corrected chi connectivity index (χ2v) is 8.91. The van der Waals surface area contributed by atoms with Gasteiger partial charge in [0.1, 0.15) is 6.04 Å². The molecule has 0 radical (unpaired) electrons. The number of urea groups is 1. The molecule has 0 saturated carbocycles. The molecule has 4 amide bonds. The van der Waals surface area contributed by atoms with E-state index in [2.05, 4.69) is 22.0 Å². The van der Waals surface area contributed by atoms with Crippen LogP contribution < -0.4 is 16.0 Å². The van der Waals surface area contributed by atoms with Gasteiger partial charge in [0.15, 0.2) is 0 Å². The average Bonchev–Trinajstić information content (AvgIpc) is 2.86. The van der Waals surface area contributed by atoms with Crippen LogP contribution in [0.1, 0.15) is 58.6 Å². The molecule has 0 spiro atoms. The van der Waals surface area contributed by atoms with E-state index in [1.165, 1.54) is 5.56 Å². The maximum absolute atomic E-state index is 13.1. The average molecular weight is 460 g/mol. The lowest BCUT2D eigenvalue weighted by atomic mass is 9.89. The van der Waals surface area contributed by atoms with Crippen molar-refractivity contribution >= 4 is 23.5 Å². The Morgan fingerprint density at radius 1 is 1.09 bits per heavy atom. The summed E-state index contributed by atoms with van der Waals surface area (Å²) in [6, 6.07) is 14.1. The summed E-state index contributed by atoms with van der Waals surface area (Å²) in [5, 5.41) is 17.2. The third-order valence-corrected chi connectivity index (χ3v) is 6.62. The summed E-state index contributed by atoms with van der Waals surface area (Å²) in [5.74, 6) is 0.132. The Morgan fingerprint density at radius 3 is 2.50 bits per heavy atom. The van der Waals surface area contributed by atoms with E-state index in [4.69, 9.17) is 5.26 Å². The number of aryl methyl sites for hydroxylation is 1. The van der Waals surface area contributed by atoms with Crippen LogP contribution in [-0.2, 0) is 4.79 Å². The van der Waals surface area contributed by atoms with Gasteiger partial charge in [-0.15, -0.1) is 0 Å². The van der Waals surface area contributed by atoms with Crippen molar-refractivity contribution < 1.29 is 14.4 Å². The van der Waals surface area contributed by atoms with Crippen LogP contribution >= 0.6 is 0 Å². The van der Waals surface area contributed by atoms with E-state index < -0.39 is 12.1 Å². The number of carbonyl (C=O) groups is 3. The Morgan fingerprint density at radius 2 is 1.82 bits per heavy atom. The van der Waals surface area contributed by atoms with Gasteiger partial charge < -0.3 is 20.9 Å². The third-order valence-electron chi connectivity index (χ3n) is 6.62. The van der Waals surface area contributed by atoms with Crippen molar-refractivity contribution in [1.29, 1.82) is 5.26 Å². The van der Waals surface area contributed by atoms with Crippen LogP contribution in [0.25, 0.3) is 0 Å². The van der Waals surface area contributed by atoms with Gasteiger partial charge in [0.05, 0.1) is 11.6 Å². The van der Waals surface area contributed by atoms with Crippen LogP contribution in [0, 0.1) is 18.3 Å². The molecule has 0 aliphatic carbocycles. The molecule has 1 atom stereocenters. The molecule has 2 fully saturated rings. The first kappa shape index (κ1) is 23.3. The standard InChI is InChI=1S/C26H29N5O3/c1-17-4-7-21(15-23(17)30-26(34)29-22-3-2-12-28-24(22)32)25(33)31-13-10-20(11-14-31)19-8-5-18(16-27)6-9-19/h4-9,15,20,22H,2-3,10-14H2,1H3,(H,28,32)(H2,29,30,34). The molecule has 2 heterocycles. The lowest BCUT2D eigenvalue weighted by Crippen LogP contribution is -2.51. The number of anilines is 1. The normalized spacial score (nSPS) is 18.5. The minimum Gasteiger partial charge on any atom is -0.354 e. The first-order chi connectivity index (χ1) is 16.4. The van der Waals surface area contributed by atoms with Gasteiger partial charge in [0.25, 0.3) is 5.91 Å². The molecule has 3 N–H and O–H groups in total. The Hall–Kier alpha value is -3.86. The fraction of sp³-hybridized carbons (Fsp3) is 0.385. The molecule has 8 nitrogen and oxygen atoms in total. The first-order valence-electron chi connectivity index (χ1n) is 11.7. The summed E-state index contributed by atoms with van der Waals surface area (Å²) < 4.78 is 0. The van der Waals surface area contributed by atoms with Crippen molar-refractivity contribution in [2.45, 2.75) is 44.6 Å². The number of piperidine rings is 2. The lowest BCUT2D eigenvalue weighted by molar-refractivity contribution is -0.124. The molecule has 1 unspecified atom stereocenters. The Kier molecular flexibility index (Phi) is 7.12. The summed E-state index contributed by atoms with van der Waals surface area (Å²) in [6.07, 6.45) is 3.15. The number of nitrogens with one attached hydrogen (secondary N) is 3. The molecule has 2 saturated heterocycles. The monoisotopic (exact) mass is 459 g/mol. The van der Waals surface area contributed by atoms with E-state index in [0.717, 1.165) is 24.8 Å². The maximum atomic E-state index is 13.1. The maximum Gasteiger partial charge on any atom is 0.319 e. The molecule has 0 bridgehead atoms. The molecular formula is C26H29N5O3. The number of hydrogen-bond donors (Lipinski definition) is 3. The zero-order valence-electron chi connectivity index (χ0n) is 19.3. The van der Waals surface area contributed by atoms with Crippen LogP contribution in [0.15, 0.2) is 42.5 Å². The summed E-state index contributed by atoms with van der Waals surface area (Å²) >= 11 is 0. The van der Waals surface area contributed by atoms with Gasteiger partial charge in [-0.3, -0.25) is 9.59 Å². The highest BCUT2D eigenvalue weighted by atomic mass is 16.2. The van der Waals surface area contributed by atoms with Crippen molar-refractivity contribution in [2.24, 2.45) is 0 Å². The first-order valence-corrected chi connectivity index (χ1v) is 11.7. The molecule has 0 aromatic heterocycles. The van der Waals surface area contributed by atoms with Gasteiger partial charge in [0.2, 0.25) is 5.91 Å². The van der Waals surface area contributed by atoms with Crippen molar-refractivity contribution in [1.82, 2.24) is 15.5 Å². The second-order valence-electron chi connectivity index (χ2n) is 8.91. The smallest absolute Gasteiger partial charge is 0.319 e. The quantitative estimate of drug-likeness (QED) is 0.651. The van der Waals surface area contributed by atoms with Crippen molar-refractivity contribution in [3.8, 4) is 6.07 Å². The number of nitrogens with zero attached hydrogens (tertiary/aromatic N) is 2. The highest BCUT2D eigenvalue weighted by Gasteiger charge is 2.26. The van der Waals surface area contributed by atoms with Crippen molar-refractivity contribution in [2.75, 3.05) is 25.0 Å². The van der Waals surface area contributed by atoms with Gasteiger partial charge in [0, 0.05) is 30.9 Å². The predicted octanol–water partition coefficient (Wildman–Crippen LogP) is 3.29. The van der Waals surface area contributed by atoms with E-state index in [-0.39, 0.29) is 11.8 Å². The minimum atomic E-state index is -0.545. The number of rotatable bonds is 4. The zero-order valence-corrected chi connectivity index (χ0v) is 19.3. The van der Waals surface area contributed by atoms with Gasteiger partial charge in [-0.05, 0) is 73.9 Å². The van der Waals surface area contributed by atoms with Gasteiger partial charge >= 0.3 is 6.03 Å². The van der Waals surface area contributed by atoms with E-state index >= 15 is 0 Å².